The molecular weight excluding hydrogens is 290 g/mol. The minimum absolute atomic E-state index is 0.101. The summed E-state index contributed by atoms with van der Waals surface area (Å²) >= 11 is 0. The van der Waals surface area contributed by atoms with Crippen LogP contribution < -0.4 is 5.32 Å². The van der Waals surface area contributed by atoms with Crippen LogP contribution in [0.5, 0.6) is 0 Å². The number of rotatable bonds is 3. The fraction of sp³-hybridized carbons (Fsp3) is 0.235. The van der Waals surface area contributed by atoms with E-state index in [1.807, 2.05) is 18.2 Å². The van der Waals surface area contributed by atoms with Crippen molar-refractivity contribution in [2.75, 3.05) is 0 Å². The SMILES string of the molecule is O=C(NC1CCn2cc(-c3ccccc3)nc2C1)c1ccn[nH]1. The fourth-order valence-electron chi connectivity index (χ4n) is 2.94. The number of benzene rings is 1. The molecule has 1 amide bonds. The monoisotopic (exact) mass is 307 g/mol. The lowest BCUT2D eigenvalue weighted by atomic mass is 10.1. The molecule has 0 saturated heterocycles. The van der Waals surface area contributed by atoms with Crippen molar-refractivity contribution in [3.05, 3.63) is 60.3 Å². The molecule has 0 radical (unpaired) electrons. The van der Waals surface area contributed by atoms with Gasteiger partial charge in [0, 0.05) is 37.0 Å². The number of nitrogens with one attached hydrogen (secondary N) is 2. The number of aromatic nitrogens is 4. The van der Waals surface area contributed by atoms with Crippen molar-refractivity contribution in [1.29, 1.82) is 0 Å². The maximum Gasteiger partial charge on any atom is 0.269 e. The van der Waals surface area contributed by atoms with Gasteiger partial charge in [0.1, 0.15) is 11.5 Å². The number of fused-ring (bicyclic) bond motifs is 1. The zero-order chi connectivity index (χ0) is 15.6. The summed E-state index contributed by atoms with van der Waals surface area (Å²) in [5.74, 6) is 0.904. The van der Waals surface area contributed by atoms with Crippen LogP contribution in [0, 0.1) is 0 Å². The van der Waals surface area contributed by atoms with Gasteiger partial charge in [-0.2, -0.15) is 5.10 Å². The normalized spacial score (nSPS) is 16.8. The maximum atomic E-state index is 12.1. The summed E-state index contributed by atoms with van der Waals surface area (Å²) in [5.41, 5.74) is 2.59. The number of aryl methyl sites for hydroxylation is 1. The number of imidazole rings is 1. The Labute approximate surface area is 133 Å². The second kappa shape index (κ2) is 5.72. The molecule has 1 atom stereocenters. The number of amides is 1. The third-order valence-electron chi connectivity index (χ3n) is 4.16. The van der Waals surface area contributed by atoms with Crippen molar-refractivity contribution in [2.45, 2.75) is 25.4 Å². The van der Waals surface area contributed by atoms with Gasteiger partial charge < -0.3 is 9.88 Å². The highest BCUT2D eigenvalue weighted by atomic mass is 16.2. The number of carbonyl (C=O) groups is 1. The molecular formula is C17H17N5O. The minimum atomic E-state index is -0.115. The third-order valence-corrected chi connectivity index (χ3v) is 4.16. The molecule has 0 bridgehead atoms. The molecule has 23 heavy (non-hydrogen) atoms. The fourth-order valence-corrected chi connectivity index (χ4v) is 2.94. The first-order valence-corrected chi connectivity index (χ1v) is 7.71. The van der Waals surface area contributed by atoms with E-state index in [0.29, 0.717) is 5.69 Å². The Morgan fingerprint density at radius 2 is 2.13 bits per heavy atom. The van der Waals surface area contributed by atoms with Gasteiger partial charge in [0.2, 0.25) is 0 Å². The Bertz CT molecular complexity index is 807. The molecule has 1 aliphatic rings. The minimum Gasteiger partial charge on any atom is -0.347 e. The standard InChI is InChI=1S/C17H17N5O/c23-17(14-6-8-18-21-14)19-13-7-9-22-11-15(20-16(22)10-13)12-4-2-1-3-5-12/h1-6,8,11,13H,7,9-10H2,(H,18,21)(H,19,23). The van der Waals surface area contributed by atoms with Crippen molar-refractivity contribution in [1.82, 2.24) is 25.1 Å². The summed E-state index contributed by atoms with van der Waals surface area (Å²) in [7, 11) is 0. The average Bonchev–Trinajstić information content (AvgIpc) is 3.25. The lowest BCUT2D eigenvalue weighted by Gasteiger charge is -2.23. The molecule has 116 valence electrons. The van der Waals surface area contributed by atoms with E-state index in [0.717, 1.165) is 36.5 Å². The molecule has 0 spiro atoms. The van der Waals surface area contributed by atoms with Crippen LogP contribution in [0.2, 0.25) is 0 Å². The highest BCUT2D eigenvalue weighted by Crippen LogP contribution is 2.22. The highest BCUT2D eigenvalue weighted by Gasteiger charge is 2.23. The second-order valence-electron chi connectivity index (χ2n) is 5.74. The number of aromatic amines is 1. The summed E-state index contributed by atoms with van der Waals surface area (Å²) in [4.78, 5) is 16.8. The summed E-state index contributed by atoms with van der Waals surface area (Å²) in [6, 6.07) is 11.9. The number of hydrogen-bond donors (Lipinski definition) is 2. The van der Waals surface area contributed by atoms with E-state index >= 15 is 0 Å². The topological polar surface area (TPSA) is 75.6 Å². The predicted molar refractivity (Wildman–Crippen MR) is 85.8 cm³/mol. The molecule has 4 rings (SSSR count). The van der Waals surface area contributed by atoms with Gasteiger partial charge in [-0.1, -0.05) is 30.3 Å². The number of carbonyl (C=O) groups excluding carboxylic acids is 1. The average molecular weight is 307 g/mol. The third kappa shape index (κ3) is 2.75. The summed E-state index contributed by atoms with van der Waals surface area (Å²) in [6.45, 7) is 0.864. The van der Waals surface area contributed by atoms with E-state index in [1.54, 1.807) is 12.3 Å². The highest BCUT2D eigenvalue weighted by molar-refractivity contribution is 5.92. The molecule has 0 aliphatic carbocycles. The van der Waals surface area contributed by atoms with Crippen LogP contribution in [0.1, 0.15) is 22.7 Å². The Morgan fingerprint density at radius 3 is 2.91 bits per heavy atom. The largest absolute Gasteiger partial charge is 0.347 e. The van der Waals surface area contributed by atoms with Crippen molar-refractivity contribution < 1.29 is 4.79 Å². The second-order valence-corrected chi connectivity index (χ2v) is 5.74. The van der Waals surface area contributed by atoms with Crippen LogP contribution in [-0.2, 0) is 13.0 Å². The van der Waals surface area contributed by atoms with E-state index in [4.69, 9.17) is 4.98 Å². The van der Waals surface area contributed by atoms with Crippen LogP contribution in [-0.4, -0.2) is 31.7 Å². The van der Waals surface area contributed by atoms with E-state index in [9.17, 15) is 4.79 Å². The van der Waals surface area contributed by atoms with Crippen molar-refractivity contribution in [3.8, 4) is 11.3 Å². The van der Waals surface area contributed by atoms with E-state index in [1.165, 1.54) is 0 Å². The van der Waals surface area contributed by atoms with Gasteiger partial charge in [-0.15, -0.1) is 0 Å². The molecule has 0 saturated carbocycles. The van der Waals surface area contributed by atoms with E-state index < -0.39 is 0 Å². The molecule has 1 aliphatic heterocycles. The number of hydrogen-bond acceptors (Lipinski definition) is 3. The van der Waals surface area contributed by atoms with Gasteiger partial charge >= 0.3 is 0 Å². The number of H-pyrrole nitrogens is 1. The quantitative estimate of drug-likeness (QED) is 0.777. The Hall–Kier alpha value is -2.89. The van der Waals surface area contributed by atoms with Gasteiger partial charge in [-0.05, 0) is 12.5 Å². The van der Waals surface area contributed by atoms with Gasteiger partial charge in [0.25, 0.3) is 5.91 Å². The maximum absolute atomic E-state index is 12.1. The molecule has 2 aromatic heterocycles. The Kier molecular flexibility index (Phi) is 3.42. The van der Waals surface area contributed by atoms with Crippen LogP contribution in [0.4, 0.5) is 0 Å². The zero-order valence-corrected chi connectivity index (χ0v) is 12.6. The summed E-state index contributed by atoms with van der Waals surface area (Å²) < 4.78 is 2.18. The van der Waals surface area contributed by atoms with Gasteiger partial charge in [0.15, 0.2) is 0 Å². The molecule has 2 N–H and O–H groups in total. The molecule has 1 aromatic carbocycles. The van der Waals surface area contributed by atoms with Gasteiger partial charge in [-0.25, -0.2) is 4.98 Å². The molecule has 6 heteroatoms. The first kappa shape index (κ1) is 13.8. The molecule has 6 nitrogen and oxygen atoms in total. The summed E-state index contributed by atoms with van der Waals surface area (Å²) in [6.07, 6.45) is 5.32. The molecule has 3 aromatic rings. The van der Waals surface area contributed by atoms with Crippen molar-refractivity contribution in [3.63, 3.8) is 0 Å². The zero-order valence-electron chi connectivity index (χ0n) is 12.6. The van der Waals surface area contributed by atoms with E-state index in [2.05, 4.69) is 38.4 Å². The van der Waals surface area contributed by atoms with E-state index in [-0.39, 0.29) is 11.9 Å². The smallest absolute Gasteiger partial charge is 0.269 e. The molecule has 3 heterocycles. The summed E-state index contributed by atoms with van der Waals surface area (Å²) in [5, 5.41) is 9.54. The van der Waals surface area contributed by atoms with Crippen molar-refractivity contribution >= 4 is 5.91 Å². The van der Waals surface area contributed by atoms with Crippen LogP contribution >= 0.6 is 0 Å². The van der Waals surface area contributed by atoms with Crippen LogP contribution in [0.15, 0.2) is 48.8 Å². The van der Waals surface area contributed by atoms with Crippen LogP contribution in [0.25, 0.3) is 11.3 Å². The lowest BCUT2D eigenvalue weighted by molar-refractivity contribution is 0.0925. The van der Waals surface area contributed by atoms with Gasteiger partial charge in [0.05, 0.1) is 5.69 Å². The predicted octanol–water partition coefficient (Wildman–Crippen LogP) is 2.02. The molecule has 1 unspecified atom stereocenters. The van der Waals surface area contributed by atoms with Crippen molar-refractivity contribution in [2.24, 2.45) is 0 Å². The van der Waals surface area contributed by atoms with Gasteiger partial charge in [-0.3, -0.25) is 9.89 Å². The molecule has 0 fully saturated rings. The lowest BCUT2D eigenvalue weighted by Crippen LogP contribution is -2.40. The first-order valence-electron chi connectivity index (χ1n) is 7.71. The Balaban J connectivity index is 1.49. The Morgan fingerprint density at radius 1 is 1.26 bits per heavy atom. The van der Waals surface area contributed by atoms with Crippen LogP contribution in [0.3, 0.4) is 0 Å². The number of nitrogens with zero attached hydrogens (tertiary/aromatic N) is 3. The first-order chi connectivity index (χ1) is 11.3.